The maximum atomic E-state index is 13.6. The molecule has 1 aromatic heterocycles. The Labute approximate surface area is 171 Å². The van der Waals surface area contributed by atoms with E-state index in [1.165, 1.54) is 29.9 Å². The van der Waals surface area contributed by atoms with Gasteiger partial charge in [-0.1, -0.05) is 36.4 Å². The van der Waals surface area contributed by atoms with Crippen LogP contribution in [0, 0.1) is 5.82 Å². The molecule has 3 aromatic rings. The largest absolute Gasteiger partial charge is 0.383 e. The van der Waals surface area contributed by atoms with E-state index in [1.807, 2.05) is 18.2 Å². The standard InChI is InChI=1S/C21H21FN4O4/c1-30-11-10-25(20(28)15-8-5-9-16(22)12-15)17-18(23)26(21(29)24-19(17)27)13-14-6-3-2-4-7-14/h2-9,12H,10-11,13,23H2,1H3,(H,24,27,29). The van der Waals surface area contributed by atoms with Gasteiger partial charge in [0.05, 0.1) is 13.2 Å². The first-order valence-corrected chi connectivity index (χ1v) is 9.15. The average Bonchev–Trinajstić information content (AvgIpc) is 2.73. The number of carbonyl (C=O) groups is 1. The molecule has 3 rings (SSSR count). The lowest BCUT2D eigenvalue weighted by atomic mass is 10.2. The second-order valence-electron chi connectivity index (χ2n) is 6.52. The van der Waals surface area contributed by atoms with Gasteiger partial charge in [0.25, 0.3) is 11.5 Å². The summed E-state index contributed by atoms with van der Waals surface area (Å²) in [5.74, 6) is -1.41. The number of rotatable bonds is 7. The minimum atomic E-state index is -0.817. The Morgan fingerprint density at radius 2 is 1.90 bits per heavy atom. The number of aromatic nitrogens is 2. The van der Waals surface area contributed by atoms with Crippen LogP contribution < -0.4 is 21.9 Å². The van der Waals surface area contributed by atoms with Crippen LogP contribution in [0.2, 0.25) is 0 Å². The van der Waals surface area contributed by atoms with Gasteiger partial charge in [0.2, 0.25) is 0 Å². The van der Waals surface area contributed by atoms with Crippen molar-refractivity contribution < 1.29 is 13.9 Å². The number of nitrogen functional groups attached to an aromatic ring is 1. The number of H-pyrrole nitrogens is 1. The van der Waals surface area contributed by atoms with Crippen molar-refractivity contribution in [3.05, 3.63) is 92.4 Å². The first kappa shape index (κ1) is 21.0. The predicted molar refractivity (Wildman–Crippen MR) is 111 cm³/mol. The molecule has 156 valence electrons. The number of nitrogens with two attached hydrogens (primary N) is 1. The predicted octanol–water partition coefficient (Wildman–Crippen LogP) is 1.60. The zero-order chi connectivity index (χ0) is 21.7. The molecule has 3 N–H and O–H groups in total. The van der Waals surface area contributed by atoms with Crippen LogP contribution in [0.3, 0.4) is 0 Å². The van der Waals surface area contributed by atoms with E-state index in [2.05, 4.69) is 4.98 Å². The van der Waals surface area contributed by atoms with E-state index in [-0.39, 0.29) is 36.8 Å². The molecule has 0 bridgehead atoms. The van der Waals surface area contributed by atoms with Gasteiger partial charge in [-0.05, 0) is 23.8 Å². The normalized spacial score (nSPS) is 10.7. The lowest BCUT2D eigenvalue weighted by Gasteiger charge is -2.24. The lowest BCUT2D eigenvalue weighted by molar-refractivity contribution is 0.0975. The molecule has 1 heterocycles. The van der Waals surface area contributed by atoms with Gasteiger partial charge in [0.15, 0.2) is 5.69 Å². The maximum absolute atomic E-state index is 13.6. The summed E-state index contributed by atoms with van der Waals surface area (Å²) in [6.45, 7) is 0.169. The maximum Gasteiger partial charge on any atom is 0.330 e. The van der Waals surface area contributed by atoms with E-state index < -0.39 is 23.0 Å². The fraction of sp³-hybridized carbons (Fsp3) is 0.190. The number of hydrogen-bond donors (Lipinski definition) is 2. The summed E-state index contributed by atoms with van der Waals surface area (Å²) in [6, 6.07) is 14.1. The number of carbonyl (C=O) groups excluding carboxylic acids is 1. The second kappa shape index (κ2) is 9.19. The van der Waals surface area contributed by atoms with Crippen molar-refractivity contribution in [3.8, 4) is 0 Å². The van der Waals surface area contributed by atoms with Crippen molar-refractivity contribution in [3.63, 3.8) is 0 Å². The number of ether oxygens (including phenoxy) is 1. The highest BCUT2D eigenvalue weighted by Crippen LogP contribution is 2.20. The first-order valence-electron chi connectivity index (χ1n) is 9.15. The van der Waals surface area contributed by atoms with E-state index >= 15 is 0 Å². The number of methoxy groups -OCH3 is 1. The van der Waals surface area contributed by atoms with Crippen LogP contribution in [0.4, 0.5) is 15.9 Å². The van der Waals surface area contributed by atoms with Crippen molar-refractivity contribution in [2.45, 2.75) is 6.54 Å². The molecule has 0 aliphatic heterocycles. The molecule has 1 amide bonds. The molecule has 0 spiro atoms. The summed E-state index contributed by atoms with van der Waals surface area (Å²) in [7, 11) is 1.44. The van der Waals surface area contributed by atoms with E-state index in [1.54, 1.807) is 12.1 Å². The van der Waals surface area contributed by atoms with E-state index in [4.69, 9.17) is 10.5 Å². The van der Waals surface area contributed by atoms with Crippen molar-refractivity contribution >= 4 is 17.4 Å². The van der Waals surface area contributed by atoms with E-state index in [0.717, 1.165) is 16.5 Å². The quantitative estimate of drug-likeness (QED) is 0.613. The van der Waals surface area contributed by atoms with E-state index in [0.29, 0.717) is 0 Å². The molecule has 0 aliphatic carbocycles. The lowest BCUT2D eigenvalue weighted by Crippen LogP contribution is -2.42. The molecule has 2 aromatic carbocycles. The number of anilines is 2. The van der Waals surface area contributed by atoms with Gasteiger partial charge in [-0.3, -0.25) is 24.0 Å². The molecule has 30 heavy (non-hydrogen) atoms. The van der Waals surface area contributed by atoms with Gasteiger partial charge in [-0.2, -0.15) is 0 Å². The highest BCUT2D eigenvalue weighted by molar-refractivity contribution is 6.07. The number of aromatic amines is 1. The highest BCUT2D eigenvalue weighted by atomic mass is 19.1. The highest BCUT2D eigenvalue weighted by Gasteiger charge is 2.25. The first-order chi connectivity index (χ1) is 14.4. The topological polar surface area (TPSA) is 110 Å². The van der Waals surface area contributed by atoms with Gasteiger partial charge < -0.3 is 10.5 Å². The molecule has 0 atom stereocenters. The van der Waals surface area contributed by atoms with Crippen LogP contribution in [-0.4, -0.2) is 35.7 Å². The van der Waals surface area contributed by atoms with Gasteiger partial charge >= 0.3 is 5.69 Å². The van der Waals surface area contributed by atoms with Crippen LogP contribution in [0.15, 0.2) is 64.2 Å². The Morgan fingerprint density at radius 3 is 2.57 bits per heavy atom. The van der Waals surface area contributed by atoms with Gasteiger partial charge in [0.1, 0.15) is 11.6 Å². The van der Waals surface area contributed by atoms with E-state index in [9.17, 15) is 18.8 Å². The summed E-state index contributed by atoms with van der Waals surface area (Å²) in [4.78, 5) is 41.4. The van der Waals surface area contributed by atoms with Crippen molar-refractivity contribution in [2.24, 2.45) is 0 Å². The summed E-state index contributed by atoms with van der Waals surface area (Å²) in [5.41, 5.74) is 5.29. The third kappa shape index (κ3) is 4.47. The van der Waals surface area contributed by atoms with Crippen LogP contribution in [-0.2, 0) is 11.3 Å². The third-order valence-corrected chi connectivity index (χ3v) is 4.50. The van der Waals surface area contributed by atoms with Crippen molar-refractivity contribution in [2.75, 3.05) is 30.9 Å². The fourth-order valence-corrected chi connectivity index (χ4v) is 3.04. The molecule has 0 saturated carbocycles. The number of hydrogen-bond acceptors (Lipinski definition) is 5. The summed E-state index contributed by atoms with van der Waals surface area (Å²) in [6.07, 6.45) is 0. The van der Waals surface area contributed by atoms with Crippen molar-refractivity contribution in [1.82, 2.24) is 9.55 Å². The molecule has 0 saturated heterocycles. The molecule has 0 radical (unpaired) electrons. The Bertz CT molecular complexity index is 1160. The third-order valence-electron chi connectivity index (χ3n) is 4.50. The summed E-state index contributed by atoms with van der Waals surface area (Å²) < 4.78 is 19.8. The summed E-state index contributed by atoms with van der Waals surface area (Å²) >= 11 is 0. The molecule has 0 fully saturated rings. The number of amides is 1. The van der Waals surface area contributed by atoms with Crippen LogP contribution in [0.1, 0.15) is 15.9 Å². The minimum Gasteiger partial charge on any atom is -0.383 e. The Kier molecular flexibility index (Phi) is 6.43. The minimum absolute atomic E-state index is 0.0251. The monoisotopic (exact) mass is 412 g/mol. The Morgan fingerprint density at radius 1 is 1.17 bits per heavy atom. The van der Waals surface area contributed by atoms with Crippen molar-refractivity contribution in [1.29, 1.82) is 0 Å². The Hall–Kier alpha value is -3.72. The molecule has 9 heteroatoms. The SMILES string of the molecule is COCCN(C(=O)c1cccc(F)c1)c1c(N)n(Cc2ccccc2)c(=O)[nH]c1=O. The zero-order valence-corrected chi connectivity index (χ0v) is 16.3. The number of benzene rings is 2. The van der Waals surface area contributed by atoms with Crippen LogP contribution in [0.5, 0.6) is 0 Å². The summed E-state index contributed by atoms with van der Waals surface area (Å²) in [5, 5.41) is 0. The Balaban J connectivity index is 2.11. The smallest absolute Gasteiger partial charge is 0.330 e. The number of nitrogens with one attached hydrogen (secondary N) is 1. The molecule has 8 nitrogen and oxygen atoms in total. The van der Waals surface area contributed by atoms with Crippen LogP contribution in [0.25, 0.3) is 0 Å². The molecular formula is C21H21FN4O4. The fourth-order valence-electron chi connectivity index (χ4n) is 3.04. The average molecular weight is 412 g/mol. The van der Waals surface area contributed by atoms with Crippen LogP contribution >= 0.6 is 0 Å². The number of halogens is 1. The zero-order valence-electron chi connectivity index (χ0n) is 16.3. The second-order valence-corrected chi connectivity index (χ2v) is 6.52. The molecule has 0 unspecified atom stereocenters. The molecular weight excluding hydrogens is 391 g/mol. The number of nitrogens with zero attached hydrogens (tertiary/aromatic N) is 2. The molecule has 0 aliphatic rings. The van der Waals surface area contributed by atoms with Gasteiger partial charge in [-0.25, -0.2) is 9.18 Å². The van der Waals surface area contributed by atoms with Gasteiger partial charge in [0, 0.05) is 19.2 Å². The van der Waals surface area contributed by atoms with Gasteiger partial charge in [-0.15, -0.1) is 0 Å².